The van der Waals surface area contributed by atoms with E-state index in [0.29, 0.717) is 12.0 Å². The van der Waals surface area contributed by atoms with E-state index in [1.807, 2.05) is 0 Å². The second kappa shape index (κ2) is 7.71. The monoisotopic (exact) mass is 380 g/mol. The molecule has 0 saturated carbocycles. The number of aryl methyl sites for hydroxylation is 1. The lowest BCUT2D eigenvalue weighted by Crippen LogP contribution is -2.23. The van der Waals surface area contributed by atoms with Crippen LogP contribution < -0.4 is 5.32 Å². The summed E-state index contributed by atoms with van der Waals surface area (Å²) in [7, 11) is -0.611. The van der Waals surface area contributed by atoms with Crippen molar-refractivity contribution in [2.75, 3.05) is 14.1 Å². The standard InChI is InChI=1S/C17H20N2O6S/c1-4-14-13(17(21)22)9-15(25-14)16(20)18-10-11-5-7-12(8-6-11)26(23,24)19(2)3/h5-9H,4,10H2,1-3H3,(H,18,20)(H,21,22). The van der Waals surface area contributed by atoms with Crippen LogP contribution in [0.4, 0.5) is 0 Å². The summed E-state index contributed by atoms with van der Waals surface area (Å²) >= 11 is 0. The zero-order valence-electron chi connectivity index (χ0n) is 14.6. The van der Waals surface area contributed by atoms with Crippen LogP contribution in [0.2, 0.25) is 0 Å². The second-order valence-electron chi connectivity index (χ2n) is 5.72. The molecule has 2 rings (SSSR count). The molecule has 9 heteroatoms. The summed E-state index contributed by atoms with van der Waals surface area (Å²) in [5.41, 5.74) is 0.660. The maximum atomic E-state index is 12.1. The molecule has 26 heavy (non-hydrogen) atoms. The molecule has 0 aliphatic rings. The average molecular weight is 380 g/mol. The van der Waals surface area contributed by atoms with Gasteiger partial charge in [-0.1, -0.05) is 19.1 Å². The Morgan fingerprint density at radius 1 is 1.19 bits per heavy atom. The summed E-state index contributed by atoms with van der Waals surface area (Å²) in [4.78, 5) is 23.4. The van der Waals surface area contributed by atoms with Crippen molar-refractivity contribution in [2.24, 2.45) is 0 Å². The maximum Gasteiger partial charge on any atom is 0.339 e. The predicted molar refractivity (Wildman–Crippen MR) is 93.5 cm³/mol. The van der Waals surface area contributed by atoms with E-state index in [1.165, 1.54) is 32.3 Å². The van der Waals surface area contributed by atoms with Crippen LogP contribution in [0.3, 0.4) is 0 Å². The molecule has 0 atom stereocenters. The number of nitrogens with one attached hydrogen (secondary N) is 1. The highest BCUT2D eigenvalue weighted by atomic mass is 32.2. The molecule has 8 nitrogen and oxygen atoms in total. The smallest absolute Gasteiger partial charge is 0.339 e. The van der Waals surface area contributed by atoms with Crippen molar-refractivity contribution < 1.29 is 27.5 Å². The fourth-order valence-electron chi connectivity index (χ4n) is 2.24. The number of carboxylic acids is 1. The third-order valence-corrected chi connectivity index (χ3v) is 5.57. The summed E-state index contributed by atoms with van der Waals surface area (Å²) in [5.74, 6) is -1.54. The van der Waals surface area contributed by atoms with Crippen molar-refractivity contribution in [3.05, 3.63) is 53.0 Å². The zero-order chi connectivity index (χ0) is 19.5. The Morgan fingerprint density at radius 3 is 2.27 bits per heavy atom. The van der Waals surface area contributed by atoms with E-state index in [4.69, 9.17) is 9.52 Å². The lowest BCUT2D eigenvalue weighted by Gasteiger charge is -2.11. The molecule has 0 aliphatic carbocycles. The van der Waals surface area contributed by atoms with Gasteiger partial charge in [0, 0.05) is 33.1 Å². The molecular formula is C17H20N2O6S. The van der Waals surface area contributed by atoms with E-state index in [2.05, 4.69) is 5.32 Å². The lowest BCUT2D eigenvalue weighted by atomic mass is 10.2. The van der Waals surface area contributed by atoms with Crippen LogP contribution >= 0.6 is 0 Å². The number of benzene rings is 1. The van der Waals surface area contributed by atoms with E-state index in [9.17, 15) is 18.0 Å². The third kappa shape index (κ3) is 4.12. The number of amides is 1. The number of furan rings is 1. The number of nitrogens with zero attached hydrogens (tertiary/aromatic N) is 1. The van der Waals surface area contributed by atoms with Crippen molar-refractivity contribution in [2.45, 2.75) is 24.8 Å². The maximum absolute atomic E-state index is 12.1. The van der Waals surface area contributed by atoms with Gasteiger partial charge < -0.3 is 14.8 Å². The minimum Gasteiger partial charge on any atom is -0.478 e. The Labute approximate surface area is 151 Å². The first kappa shape index (κ1) is 19.7. The molecule has 2 aromatic rings. The topological polar surface area (TPSA) is 117 Å². The van der Waals surface area contributed by atoms with E-state index >= 15 is 0 Å². The normalized spacial score (nSPS) is 11.5. The van der Waals surface area contributed by atoms with Crippen LogP contribution in [0.15, 0.2) is 39.6 Å². The molecular weight excluding hydrogens is 360 g/mol. The highest BCUT2D eigenvalue weighted by Crippen LogP contribution is 2.17. The summed E-state index contributed by atoms with van der Waals surface area (Å²) < 4.78 is 30.4. The first-order chi connectivity index (χ1) is 12.2. The predicted octanol–water partition coefficient (Wildman–Crippen LogP) is 1.72. The Kier molecular flexibility index (Phi) is 5.83. The number of carbonyl (C=O) groups is 2. The van der Waals surface area contributed by atoms with Gasteiger partial charge in [0.05, 0.1) is 4.90 Å². The van der Waals surface area contributed by atoms with E-state index in [1.54, 1.807) is 19.1 Å². The van der Waals surface area contributed by atoms with Gasteiger partial charge in [-0.15, -0.1) is 0 Å². The number of hydrogen-bond donors (Lipinski definition) is 2. The van der Waals surface area contributed by atoms with Gasteiger partial charge in [0.15, 0.2) is 5.76 Å². The van der Waals surface area contributed by atoms with Crippen LogP contribution in [0.5, 0.6) is 0 Å². The third-order valence-electron chi connectivity index (χ3n) is 3.74. The largest absolute Gasteiger partial charge is 0.478 e. The molecule has 2 N–H and O–H groups in total. The van der Waals surface area contributed by atoms with Gasteiger partial charge >= 0.3 is 5.97 Å². The molecule has 0 radical (unpaired) electrons. The van der Waals surface area contributed by atoms with Crippen molar-refractivity contribution in [3.63, 3.8) is 0 Å². The van der Waals surface area contributed by atoms with Crippen LogP contribution in [0.1, 0.15) is 39.2 Å². The van der Waals surface area contributed by atoms with Crippen molar-refractivity contribution in [3.8, 4) is 0 Å². The van der Waals surface area contributed by atoms with Gasteiger partial charge in [-0.2, -0.15) is 0 Å². The Morgan fingerprint density at radius 2 is 1.81 bits per heavy atom. The zero-order valence-corrected chi connectivity index (χ0v) is 15.5. The summed E-state index contributed by atoms with van der Waals surface area (Å²) in [6.07, 6.45) is 0.358. The Balaban J connectivity index is 2.07. The highest BCUT2D eigenvalue weighted by Gasteiger charge is 2.20. The minimum atomic E-state index is -3.51. The van der Waals surface area contributed by atoms with Crippen LogP contribution in [-0.2, 0) is 23.0 Å². The van der Waals surface area contributed by atoms with Crippen molar-refractivity contribution in [1.82, 2.24) is 9.62 Å². The van der Waals surface area contributed by atoms with Crippen molar-refractivity contribution in [1.29, 1.82) is 0 Å². The summed E-state index contributed by atoms with van der Waals surface area (Å²) in [6.45, 7) is 1.88. The minimum absolute atomic E-state index is 0.0316. The lowest BCUT2D eigenvalue weighted by molar-refractivity contribution is 0.0694. The molecule has 0 bridgehead atoms. The SMILES string of the molecule is CCc1oc(C(=O)NCc2ccc(S(=O)(=O)N(C)C)cc2)cc1C(=O)O. The molecule has 0 aliphatic heterocycles. The Bertz CT molecular complexity index is 913. The molecule has 1 heterocycles. The summed E-state index contributed by atoms with van der Waals surface area (Å²) in [5, 5.41) is 11.7. The number of carbonyl (C=O) groups excluding carboxylic acids is 1. The fraction of sp³-hybridized carbons (Fsp3) is 0.294. The van der Waals surface area contributed by atoms with Crippen molar-refractivity contribution >= 4 is 21.9 Å². The molecule has 1 amide bonds. The van der Waals surface area contributed by atoms with E-state index in [-0.39, 0.29) is 28.5 Å². The van der Waals surface area contributed by atoms with Gasteiger partial charge in [0.1, 0.15) is 11.3 Å². The highest BCUT2D eigenvalue weighted by molar-refractivity contribution is 7.89. The molecule has 1 aromatic heterocycles. The van der Waals surface area contributed by atoms with Gasteiger partial charge in [-0.05, 0) is 17.7 Å². The number of sulfonamides is 1. The van der Waals surface area contributed by atoms with Gasteiger partial charge in [-0.25, -0.2) is 17.5 Å². The van der Waals surface area contributed by atoms with Gasteiger partial charge in [0.2, 0.25) is 10.0 Å². The summed E-state index contributed by atoms with van der Waals surface area (Å²) in [6, 6.07) is 7.31. The fourth-order valence-corrected chi connectivity index (χ4v) is 3.15. The molecule has 0 saturated heterocycles. The van der Waals surface area contributed by atoms with E-state index < -0.39 is 21.9 Å². The van der Waals surface area contributed by atoms with Crippen LogP contribution in [0.25, 0.3) is 0 Å². The quantitative estimate of drug-likeness (QED) is 0.755. The number of carboxylic acid groups (broad SMARTS) is 1. The van der Waals surface area contributed by atoms with Gasteiger partial charge in [0.25, 0.3) is 5.91 Å². The van der Waals surface area contributed by atoms with Crippen LogP contribution in [-0.4, -0.2) is 43.8 Å². The molecule has 0 fully saturated rings. The van der Waals surface area contributed by atoms with Crippen LogP contribution in [0, 0.1) is 0 Å². The van der Waals surface area contributed by atoms with E-state index in [0.717, 1.165) is 4.31 Å². The molecule has 140 valence electrons. The number of rotatable bonds is 7. The van der Waals surface area contributed by atoms with Gasteiger partial charge in [-0.3, -0.25) is 4.79 Å². The first-order valence-electron chi connectivity index (χ1n) is 7.82. The molecule has 0 unspecified atom stereocenters. The second-order valence-corrected chi connectivity index (χ2v) is 7.87. The Hall–Kier alpha value is -2.65. The molecule has 0 spiro atoms. The number of hydrogen-bond acceptors (Lipinski definition) is 5. The molecule has 1 aromatic carbocycles. The first-order valence-corrected chi connectivity index (χ1v) is 9.26. The average Bonchev–Trinajstić information content (AvgIpc) is 3.04. The number of aromatic carboxylic acids is 1.